The van der Waals surface area contributed by atoms with Gasteiger partial charge in [-0.05, 0) is 55.2 Å². The Bertz CT molecular complexity index is 1050. The van der Waals surface area contributed by atoms with E-state index >= 15 is 0 Å². The van der Waals surface area contributed by atoms with Gasteiger partial charge in [0.2, 0.25) is 11.7 Å². The second-order valence-corrected chi connectivity index (χ2v) is 7.60. The lowest BCUT2D eigenvalue weighted by molar-refractivity contribution is -0.131. The van der Waals surface area contributed by atoms with Crippen molar-refractivity contribution in [3.8, 4) is 17.2 Å². The van der Waals surface area contributed by atoms with Crippen LogP contribution in [0.25, 0.3) is 11.0 Å². The van der Waals surface area contributed by atoms with Gasteiger partial charge in [0.25, 0.3) is 0 Å². The van der Waals surface area contributed by atoms with Crippen molar-refractivity contribution in [3.63, 3.8) is 0 Å². The molecule has 1 atom stereocenters. The Kier molecular flexibility index (Phi) is 5.53. The van der Waals surface area contributed by atoms with E-state index in [0.717, 1.165) is 41.8 Å². The zero-order valence-corrected chi connectivity index (χ0v) is 17.8. The Balaban J connectivity index is 1.58. The molecule has 1 amide bonds. The van der Waals surface area contributed by atoms with Crippen LogP contribution >= 0.6 is 0 Å². The Morgan fingerprint density at radius 1 is 1.13 bits per heavy atom. The lowest BCUT2D eigenvalue weighted by Crippen LogP contribution is -2.32. The summed E-state index contributed by atoms with van der Waals surface area (Å²) in [5, 5.41) is 0. The molecule has 1 fully saturated rings. The largest absolute Gasteiger partial charge is 0.493 e. The number of aromatic amines is 1. The number of nitrogens with one attached hydrogen (secondary N) is 1. The fraction of sp³-hybridized carbons (Fsp3) is 0.391. The van der Waals surface area contributed by atoms with Crippen LogP contribution in [0.4, 0.5) is 0 Å². The van der Waals surface area contributed by atoms with Crippen molar-refractivity contribution >= 4 is 16.9 Å². The van der Waals surface area contributed by atoms with Crippen LogP contribution in [0, 0.1) is 6.92 Å². The van der Waals surface area contributed by atoms with Gasteiger partial charge in [0.05, 0.1) is 44.8 Å². The zero-order chi connectivity index (χ0) is 21.3. The van der Waals surface area contributed by atoms with Gasteiger partial charge in [-0.25, -0.2) is 4.98 Å². The van der Waals surface area contributed by atoms with Crippen molar-refractivity contribution < 1.29 is 19.0 Å². The van der Waals surface area contributed by atoms with Crippen LogP contribution in [0.3, 0.4) is 0 Å². The lowest BCUT2D eigenvalue weighted by Gasteiger charge is -2.23. The lowest BCUT2D eigenvalue weighted by atomic mass is 10.1. The number of nitrogens with zero attached hydrogens (tertiary/aromatic N) is 2. The van der Waals surface area contributed by atoms with Gasteiger partial charge >= 0.3 is 0 Å². The highest BCUT2D eigenvalue weighted by Crippen LogP contribution is 2.39. The van der Waals surface area contributed by atoms with Crippen LogP contribution in [0.1, 0.15) is 35.8 Å². The summed E-state index contributed by atoms with van der Waals surface area (Å²) in [6, 6.07) is 9.77. The van der Waals surface area contributed by atoms with E-state index in [2.05, 4.69) is 24.0 Å². The van der Waals surface area contributed by atoms with E-state index in [9.17, 15) is 4.79 Å². The Morgan fingerprint density at radius 3 is 2.53 bits per heavy atom. The van der Waals surface area contributed by atoms with Gasteiger partial charge in [-0.2, -0.15) is 0 Å². The summed E-state index contributed by atoms with van der Waals surface area (Å²) in [7, 11) is 4.71. The van der Waals surface area contributed by atoms with Crippen molar-refractivity contribution in [1.29, 1.82) is 0 Å². The van der Waals surface area contributed by atoms with Crippen molar-refractivity contribution in [2.45, 2.75) is 32.2 Å². The molecule has 0 bridgehead atoms. The van der Waals surface area contributed by atoms with Gasteiger partial charge in [-0.15, -0.1) is 0 Å². The molecule has 7 heteroatoms. The standard InChI is InChI=1S/C23H27N3O4/c1-14-7-8-16-17(10-14)25-23(24-16)18-6-5-9-26(18)21(27)13-15-11-19(28-2)22(30-4)20(12-15)29-3/h7-8,10-12,18H,5-6,9,13H2,1-4H3,(H,24,25). The van der Waals surface area contributed by atoms with Crippen molar-refractivity contribution in [3.05, 3.63) is 47.3 Å². The van der Waals surface area contributed by atoms with Crippen LogP contribution in [0.15, 0.2) is 30.3 Å². The molecule has 2 heterocycles. The second-order valence-electron chi connectivity index (χ2n) is 7.60. The normalized spacial score (nSPS) is 16.1. The monoisotopic (exact) mass is 409 g/mol. The van der Waals surface area contributed by atoms with Crippen molar-refractivity contribution in [2.75, 3.05) is 27.9 Å². The molecule has 30 heavy (non-hydrogen) atoms. The number of carbonyl (C=O) groups is 1. The minimum absolute atomic E-state index is 0.0350. The minimum Gasteiger partial charge on any atom is -0.493 e. The number of aromatic nitrogens is 2. The molecule has 1 saturated heterocycles. The van der Waals surface area contributed by atoms with E-state index in [1.54, 1.807) is 21.3 Å². The van der Waals surface area contributed by atoms with Gasteiger partial charge in [0.15, 0.2) is 11.5 Å². The molecule has 158 valence electrons. The Hall–Kier alpha value is -3.22. The molecule has 1 aliphatic rings. The molecular formula is C23H27N3O4. The van der Waals surface area contributed by atoms with Gasteiger partial charge in [0, 0.05) is 6.54 Å². The minimum atomic E-state index is -0.0350. The summed E-state index contributed by atoms with van der Waals surface area (Å²) >= 11 is 0. The number of H-pyrrole nitrogens is 1. The van der Waals surface area contributed by atoms with Crippen LogP contribution in [-0.2, 0) is 11.2 Å². The molecule has 0 radical (unpaired) electrons. The third-order valence-corrected chi connectivity index (χ3v) is 5.62. The molecule has 1 unspecified atom stereocenters. The molecule has 7 nitrogen and oxygen atoms in total. The van der Waals surface area contributed by atoms with Gasteiger partial charge < -0.3 is 24.1 Å². The number of amides is 1. The molecule has 1 N–H and O–H groups in total. The summed E-state index contributed by atoms with van der Waals surface area (Å²) in [5.41, 5.74) is 3.94. The number of benzene rings is 2. The number of likely N-dealkylation sites (tertiary alicyclic amines) is 1. The maximum atomic E-state index is 13.2. The number of hydrogen-bond donors (Lipinski definition) is 1. The highest BCUT2D eigenvalue weighted by Gasteiger charge is 2.32. The van der Waals surface area contributed by atoms with Crippen molar-refractivity contribution in [2.24, 2.45) is 0 Å². The Morgan fingerprint density at radius 2 is 1.87 bits per heavy atom. The van der Waals surface area contributed by atoms with Gasteiger partial charge in [-0.1, -0.05) is 6.07 Å². The molecule has 0 aliphatic carbocycles. The number of rotatable bonds is 6. The maximum Gasteiger partial charge on any atom is 0.227 e. The van der Waals surface area contributed by atoms with Crippen LogP contribution in [0.5, 0.6) is 17.2 Å². The summed E-state index contributed by atoms with van der Waals surface area (Å²) in [4.78, 5) is 23.3. The maximum absolute atomic E-state index is 13.2. The van der Waals surface area contributed by atoms with E-state index in [1.807, 2.05) is 23.1 Å². The molecule has 2 aromatic carbocycles. The van der Waals surface area contributed by atoms with Crippen LogP contribution < -0.4 is 14.2 Å². The zero-order valence-electron chi connectivity index (χ0n) is 17.8. The van der Waals surface area contributed by atoms with Crippen LogP contribution in [-0.4, -0.2) is 48.6 Å². The first kappa shape index (κ1) is 20.1. The first-order chi connectivity index (χ1) is 14.5. The first-order valence-electron chi connectivity index (χ1n) is 10.1. The fourth-order valence-electron chi connectivity index (χ4n) is 4.16. The number of carbonyl (C=O) groups excluding carboxylic acids is 1. The first-order valence-corrected chi connectivity index (χ1v) is 10.1. The highest BCUT2D eigenvalue weighted by atomic mass is 16.5. The third-order valence-electron chi connectivity index (χ3n) is 5.62. The number of aryl methyl sites for hydroxylation is 1. The van der Waals surface area contributed by atoms with E-state index < -0.39 is 0 Å². The molecule has 0 spiro atoms. The summed E-state index contributed by atoms with van der Waals surface area (Å²) < 4.78 is 16.2. The smallest absolute Gasteiger partial charge is 0.227 e. The van der Waals surface area contributed by atoms with E-state index in [-0.39, 0.29) is 18.4 Å². The molecule has 1 aliphatic heterocycles. The van der Waals surface area contributed by atoms with Gasteiger partial charge in [0.1, 0.15) is 5.82 Å². The molecule has 1 aromatic heterocycles. The average molecular weight is 409 g/mol. The molecule has 4 rings (SSSR count). The predicted molar refractivity (Wildman–Crippen MR) is 114 cm³/mol. The van der Waals surface area contributed by atoms with Crippen LogP contribution in [0.2, 0.25) is 0 Å². The molecule has 0 saturated carbocycles. The number of methoxy groups -OCH3 is 3. The highest BCUT2D eigenvalue weighted by molar-refractivity contribution is 5.81. The van der Waals surface area contributed by atoms with E-state index in [4.69, 9.17) is 19.2 Å². The number of fused-ring (bicyclic) bond motifs is 1. The van der Waals surface area contributed by atoms with Gasteiger partial charge in [-0.3, -0.25) is 4.79 Å². The topological polar surface area (TPSA) is 76.7 Å². The number of hydrogen-bond acceptors (Lipinski definition) is 5. The number of ether oxygens (including phenoxy) is 3. The van der Waals surface area contributed by atoms with E-state index in [0.29, 0.717) is 17.2 Å². The molecular weight excluding hydrogens is 382 g/mol. The second kappa shape index (κ2) is 8.26. The quantitative estimate of drug-likeness (QED) is 0.670. The number of imidazole rings is 1. The molecule has 3 aromatic rings. The van der Waals surface area contributed by atoms with E-state index in [1.165, 1.54) is 5.56 Å². The summed E-state index contributed by atoms with van der Waals surface area (Å²) in [6.45, 7) is 2.78. The Labute approximate surface area is 176 Å². The third kappa shape index (κ3) is 3.67. The summed E-state index contributed by atoms with van der Waals surface area (Å²) in [5.74, 6) is 2.53. The van der Waals surface area contributed by atoms with Crippen molar-refractivity contribution in [1.82, 2.24) is 14.9 Å². The SMILES string of the molecule is COc1cc(CC(=O)N2CCCC2c2nc3ccc(C)cc3[nH]2)cc(OC)c1OC. The average Bonchev–Trinajstić information content (AvgIpc) is 3.39. The summed E-state index contributed by atoms with van der Waals surface area (Å²) in [6.07, 6.45) is 2.12. The predicted octanol–water partition coefficient (Wildman–Crippen LogP) is 3.80. The fourth-order valence-corrected chi connectivity index (χ4v) is 4.16.